The molecule has 1 aromatic carbocycles. The molecule has 7 heteroatoms. The van der Waals surface area contributed by atoms with Crippen LogP contribution >= 0.6 is 23.7 Å². The third kappa shape index (κ3) is 3.25. The van der Waals surface area contributed by atoms with E-state index in [1.165, 1.54) is 23.5 Å². The number of aliphatic hydroxyl groups excluding tert-OH is 1. The van der Waals surface area contributed by atoms with Gasteiger partial charge in [-0.15, -0.1) is 23.7 Å². The normalized spacial score (nSPS) is 20.9. The van der Waals surface area contributed by atoms with Crippen molar-refractivity contribution in [3.8, 4) is 0 Å². The smallest absolute Gasteiger partial charge is 0.261 e. The Labute approximate surface area is 138 Å². The summed E-state index contributed by atoms with van der Waals surface area (Å²) in [5, 5.41) is 16.5. The average Bonchev–Trinajstić information content (AvgIpc) is 3.01. The first kappa shape index (κ1) is 17.1. The summed E-state index contributed by atoms with van der Waals surface area (Å²) in [6, 6.07) is 4.56. The third-order valence-electron chi connectivity index (χ3n) is 3.93. The molecular formula is C15H18ClFN2O2S. The molecule has 22 heavy (non-hydrogen) atoms. The maximum atomic E-state index is 13.3. The van der Waals surface area contributed by atoms with Crippen LogP contribution < -0.4 is 10.6 Å². The molecule has 120 valence electrons. The number of halogens is 2. The van der Waals surface area contributed by atoms with Gasteiger partial charge >= 0.3 is 0 Å². The van der Waals surface area contributed by atoms with Crippen LogP contribution in [0.1, 0.15) is 15.2 Å². The van der Waals surface area contributed by atoms with Crippen LogP contribution in [0, 0.1) is 18.7 Å². The standard InChI is InChI=1S/C15H17FN2O2S.ClH/c1-8-11-4-10(16)2-3-13(11)21-14(8)15(20)18-6-9-5-17-7-12(9)19;/h2-4,9,12,17,19H,5-7H2,1H3,(H,18,20);1H. The zero-order chi connectivity index (χ0) is 15.0. The van der Waals surface area contributed by atoms with Gasteiger partial charge in [-0.3, -0.25) is 4.79 Å². The maximum absolute atomic E-state index is 13.3. The number of aliphatic hydroxyl groups is 1. The Morgan fingerprint density at radius 3 is 2.95 bits per heavy atom. The van der Waals surface area contributed by atoms with Gasteiger partial charge in [0.1, 0.15) is 5.82 Å². The monoisotopic (exact) mass is 344 g/mol. The van der Waals surface area contributed by atoms with Crippen molar-refractivity contribution in [3.63, 3.8) is 0 Å². The quantitative estimate of drug-likeness (QED) is 0.799. The summed E-state index contributed by atoms with van der Waals surface area (Å²) in [6.45, 7) is 3.55. The van der Waals surface area contributed by atoms with Gasteiger partial charge in [0.05, 0.1) is 11.0 Å². The Kier molecular flexibility index (Phi) is 5.39. The maximum Gasteiger partial charge on any atom is 0.261 e. The number of hydrogen-bond acceptors (Lipinski definition) is 4. The molecule has 2 aromatic rings. The first-order chi connectivity index (χ1) is 10.1. The van der Waals surface area contributed by atoms with Gasteiger partial charge in [-0.1, -0.05) is 0 Å². The molecule has 1 aromatic heterocycles. The second-order valence-electron chi connectivity index (χ2n) is 5.39. The zero-order valence-electron chi connectivity index (χ0n) is 12.1. The van der Waals surface area contributed by atoms with E-state index >= 15 is 0 Å². The molecule has 0 saturated carbocycles. The second-order valence-corrected chi connectivity index (χ2v) is 6.44. The van der Waals surface area contributed by atoms with Crippen LogP contribution in [-0.2, 0) is 0 Å². The molecule has 0 aliphatic carbocycles. The van der Waals surface area contributed by atoms with Gasteiger partial charge in [0.2, 0.25) is 0 Å². The van der Waals surface area contributed by atoms with E-state index in [1.807, 2.05) is 6.92 Å². The summed E-state index contributed by atoms with van der Waals surface area (Å²) < 4.78 is 14.2. The third-order valence-corrected chi connectivity index (χ3v) is 5.21. The summed E-state index contributed by atoms with van der Waals surface area (Å²) in [7, 11) is 0. The molecule has 0 bridgehead atoms. The summed E-state index contributed by atoms with van der Waals surface area (Å²) in [5.74, 6) is -0.412. The van der Waals surface area contributed by atoms with Crippen LogP contribution in [0.15, 0.2) is 18.2 Å². The van der Waals surface area contributed by atoms with Crippen molar-refractivity contribution in [1.82, 2.24) is 10.6 Å². The second kappa shape index (κ2) is 6.91. The van der Waals surface area contributed by atoms with Crippen molar-refractivity contribution in [2.24, 2.45) is 5.92 Å². The number of carbonyl (C=O) groups excluding carboxylic acids is 1. The minimum absolute atomic E-state index is 0. The minimum Gasteiger partial charge on any atom is -0.391 e. The fraction of sp³-hybridized carbons (Fsp3) is 0.400. The predicted molar refractivity (Wildman–Crippen MR) is 88.5 cm³/mol. The molecule has 2 atom stereocenters. The molecule has 3 N–H and O–H groups in total. The number of amides is 1. The highest BCUT2D eigenvalue weighted by Gasteiger charge is 2.25. The van der Waals surface area contributed by atoms with Crippen LogP contribution in [-0.4, -0.2) is 36.8 Å². The van der Waals surface area contributed by atoms with Crippen LogP contribution in [0.2, 0.25) is 0 Å². The molecule has 0 spiro atoms. The lowest BCUT2D eigenvalue weighted by molar-refractivity contribution is 0.0930. The average molecular weight is 345 g/mol. The Morgan fingerprint density at radius 1 is 1.50 bits per heavy atom. The highest BCUT2D eigenvalue weighted by Crippen LogP contribution is 2.31. The van der Waals surface area contributed by atoms with Gasteiger partial charge in [-0.2, -0.15) is 0 Å². The molecular weight excluding hydrogens is 327 g/mol. The number of β-amino-alcohol motifs (C(OH)–C–C–N with tert-alkyl or cyclic N) is 1. The fourth-order valence-electron chi connectivity index (χ4n) is 2.64. The number of nitrogens with one attached hydrogen (secondary N) is 2. The Hall–Kier alpha value is -1.21. The molecule has 4 nitrogen and oxygen atoms in total. The highest BCUT2D eigenvalue weighted by molar-refractivity contribution is 7.21. The van der Waals surface area contributed by atoms with Crippen LogP contribution in [0.4, 0.5) is 4.39 Å². The number of hydrogen-bond donors (Lipinski definition) is 3. The summed E-state index contributed by atoms with van der Waals surface area (Å²) in [4.78, 5) is 12.9. The SMILES string of the molecule is Cc1c(C(=O)NCC2CNCC2O)sc2ccc(F)cc12.Cl. The largest absolute Gasteiger partial charge is 0.391 e. The van der Waals surface area contributed by atoms with E-state index in [1.54, 1.807) is 6.07 Å². The van der Waals surface area contributed by atoms with E-state index in [0.29, 0.717) is 24.5 Å². The van der Waals surface area contributed by atoms with Crippen molar-refractivity contribution in [2.45, 2.75) is 13.0 Å². The Morgan fingerprint density at radius 2 is 2.27 bits per heavy atom. The Balaban J connectivity index is 0.00000176. The number of aryl methyl sites for hydroxylation is 1. The molecule has 2 heterocycles. The van der Waals surface area contributed by atoms with Gasteiger partial charge < -0.3 is 15.7 Å². The van der Waals surface area contributed by atoms with Crippen molar-refractivity contribution in [2.75, 3.05) is 19.6 Å². The van der Waals surface area contributed by atoms with Gasteiger partial charge in [-0.05, 0) is 36.1 Å². The van der Waals surface area contributed by atoms with Gasteiger partial charge in [0.15, 0.2) is 0 Å². The number of rotatable bonds is 3. The minimum atomic E-state index is -0.414. The van der Waals surface area contributed by atoms with E-state index in [0.717, 1.165) is 15.6 Å². The number of benzene rings is 1. The van der Waals surface area contributed by atoms with Crippen molar-refractivity contribution >= 4 is 39.7 Å². The van der Waals surface area contributed by atoms with E-state index in [9.17, 15) is 14.3 Å². The molecule has 0 radical (unpaired) electrons. The van der Waals surface area contributed by atoms with Gasteiger partial charge in [0.25, 0.3) is 5.91 Å². The predicted octanol–water partition coefficient (Wildman–Crippen LogP) is 2.08. The molecule has 1 aliphatic heterocycles. The molecule has 2 unspecified atom stereocenters. The van der Waals surface area contributed by atoms with Gasteiger partial charge in [0, 0.05) is 30.3 Å². The molecule has 1 aliphatic rings. The van der Waals surface area contributed by atoms with Crippen LogP contribution in [0.5, 0.6) is 0 Å². The Bertz CT molecular complexity index is 691. The summed E-state index contributed by atoms with van der Waals surface area (Å²) >= 11 is 1.37. The van der Waals surface area contributed by atoms with E-state index in [4.69, 9.17) is 0 Å². The van der Waals surface area contributed by atoms with Crippen molar-refractivity contribution in [1.29, 1.82) is 0 Å². The lowest BCUT2D eigenvalue weighted by Gasteiger charge is -2.13. The van der Waals surface area contributed by atoms with E-state index < -0.39 is 6.10 Å². The van der Waals surface area contributed by atoms with Crippen molar-refractivity contribution in [3.05, 3.63) is 34.5 Å². The molecule has 1 amide bonds. The first-order valence-electron chi connectivity index (χ1n) is 6.92. The molecule has 1 fully saturated rings. The molecule has 1 saturated heterocycles. The van der Waals surface area contributed by atoms with Crippen LogP contribution in [0.25, 0.3) is 10.1 Å². The van der Waals surface area contributed by atoms with E-state index in [-0.39, 0.29) is 30.0 Å². The highest BCUT2D eigenvalue weighted by atomic mass is 35.5. The van der Waals surface area contributed by atoms with Crippen LogP contribution in [0.3, 0.4) is 0 Å². The van der Waals surface area contributed by atoms with E-state index in [2.05, 4.69) is 10.6 Å². The number of thiophene rings is 1. The van der Waals surface area contributed by atoms with Gasteiger partial charge in [-0.25, -0.2) is 4.39 Å². The number of carbonyl (C=O) groups is 1. The zero-order valence-corrected chi connectivity index (χ0v) is 13.7. The lowest BCUT2D eigenvalue weighted by Crippen LogP contribution is -2.34. The lowest BCUT2D eigenvalue weighted by atomic mass is 10.1. The fourth-order valence-corrected chi connectivity index (χ4v) is 3.75. The molecule has 3 rings (SSSR count). The van der Waals surface area contributed by atoms with Crippen molar-refractivity contribution < 1.29 is 14.3 Å². The number of fused-ring (bicyclic) bond motifs is 1. The summed E-state index contributed by atoms with van der Waals surface area (Å²) in [5.41, 5.74) is 0.803. The first-order valence-corrected chi connectivity index (χ1v) is 7.73. The summed E-state index contributed by atoms with van der Waals surface area (Å²) in [6.07, 6.45) is -0.414. The topological polar surface area (TPSA) is 61.4 Å².